The Labute approximate surface area is 164 Å². The molecule has 0 amide bonds. The number of carbonyl (C=O) groups excluding carboxylic acids is 1. The summed E-state index contributed by atoms with van der Waals surface area (Å²) < 4.78 is 10.6. The molecule has 4 rings (SSSR count). The zero-order valence-corrected chi connectivity index (χ0v) is 15.7. The molecule has 0 fully saturated rings. The van der Waals surface area contributed by atoms with Gasteiger partial charge >= 0.3 is 5.97 Å². The largest absolute Gasteiger partial charge is 0.452 e. The van der Waals surface area contributed by atoms with Gasteiger partial charge in [0.15, 0.2) is 6.10 Å². The van der Waals surface area contributed by atoms with Gasteiger partial charge in [-0.25, -0.2) is 4.98 Å². The Bertz CT molecular complexity index is 1070. The van der Waals surface area contributed by atoms with Crippen LogP contribution in [0.3, 0.4) is 0 Å². The molecule has 4 heterocycles. The molecule has 1 atom stereocenters. The van der Waals surface area contributed by atoms with E-state index in [4.69, 9.17) is 9.26 Å². The Hall–Kier alpha value is -3.46. The van der Waals surface area contributed by atoms with Crippen molar-refractivity contribution >= 4 is 17.3 Å². The van der Waals surface area contributed by atoms with E-state index >= 15 is 0 Å². The SMILES string of the molecule is CC(OC(=O)Cc1csc(-c2ccccn2)n1)c1nc(-c2cccnc2)no1. The Morgan fingerprint density at radius 2 is 2.14 bits per heavy atom. The molecule has 0 saturated heterocycles. The lowest BCUT2D eigenvalue weighted by Crippen LogP contribution is -2.12. The van der Waals surface area contributed by atoms with Gasteiger partial charge in [-0.3, -0.25) is 14.8 Å². The quantitative estimate of drug-likeness (QED) is 0.459. The van der Waals surface area contributed by atoms with E-state index in [0.29, 0.717) is 11.5 Å². The normalized spacial score (nSPS) is 11.9. The van der Waals surface area contributed by atoms with Gasteiger partial charge < -0.3 is 9.26 Å². The van der Waals surface area contributed by atoms with Crippen LogP contribution in [0, 0.1) is 0 Å². The minimum atomic E-state index is -0.667. The number of ether oxygens (including phenoxy) is 1. The van der Waals surface area contributed by atoms with E-state index in [0.717, 1.165) is 16.3 Å². The summed E-state index contributed by atoms with van der Waals surface area (Å²) in [7, 11) is 0. The first-order chi connectivity index (χ1) is 13.7. The molecule has 0 aliphatic heterocycles. The average Bonchev–Trinajstić information content (AvgIpc) is 3.39. The van der Waals surface area contributed by atoms with Crippen LogP contribution in [0.15, 0.2) is 58.8 Å². The van der Waals surface area contributed by atoms with Gasteiger partial charge in [-0.2, -0.15) is 4.98 Å². The summed E-state index contributed by atoms with van der Waals surface area (Å²) in [6.07, 6.45) is 4.38. The maximum Gasteiger partial charge on any atom is 0.312 e. The summed E-state index contributed by atoms with van der Waals surface area (Å²) in [5, 5.41) is 6.48. The lowest BCUT2D eigenvalue weighted by molar-refractivity contribution is -0.149. The molecule has 0 aliphatic carbocycles. The Morgan fingerprint density at radius 1 is 1.21 bits per heavy atom. The highest BCUT2D eigenvalue weighted by Gasteiger charge is 2.20. The van der Waals surface area contributed by atoms with Crippen LogP contribution in [-0.4, -0.2) is 31.1 Å². The van der Waals surface area contributed by atoms with Gasteiger partial charge in [0, 0.05) is 29.5 Å². The molecule has 0 aliphatic rings. The zero-order valence-electron chi connectivity index (χ0n) is 14.8. The van der Waals surface area contributed by atoms with Crippen molar-refractivity contribution in [2.75, 3.05) is 0 Å². The molecular weight excluding hydrogens is 378 g/mol. The summed E-state index contributed by atoms with van der Waals surface area (Å²) in [6.45, 7) is 1.68. The fourth-order valence-corrected chi connectivity index (χ4v) is 3.24. The lowest BCUT2D eigenvalue weighted by atomic mass is 10.3. The molecule has 0 saturated carbocycles. The van der Waals surface area contributed by atoms with Gasteiger partial charge in [-0.15, -0.1) is 11.3 Å². The monoisotopic (exact) mass is 393 g/mol. The van der Waals surface area contributed by atoms with E-state index in [1.165, 1.54) is 11.3 Å². The minimum absolute atomic E-state index is 0.0529. The number of thiazole rings is 1. The van der Waals surface area contributed by atoms with Crippen LogP contribution in [0.4, 0.5) is 0 Å². The number of pyridine rings is 2. The molecule has 0 radical (unpaired) electrons. The van der Waals surface area contributed by atoms with E-state index in [-0.39, 0.29) is 12.3 Å². The van der Waals surface area contributed by atoms with Gasteiger partial charge in [0.25, 0.3) is 5.89 Å². The molecule has 8 nitrogen and oxygen atoms in total. The van der Waals surface area contributed by atoms with Crippen molar-refractivity contribution in [3.05, 3.63) is 65.9 Å². The van der Waals surface area contributed by atoms with E-state index in [2.05, 4.69) is 25.1 Å². The third kappa shape index (κ3) is 4.09. The summed E-state index contributed by atoms with van der Waals surface area (Å²) in [5.41, 5.74) is 2.12. The summed E-state index contributed by atoms with van der Waals surface area (Å²) in [5.74, 6) is 0.191. The minimum Gasteiger partial charge on any atom is -0.452 e. The molecule has 28 heavy (non-hydrogen) atoms. The fourth-order valence-electron chi connectivity index (χ4n) is 2.44. The lowest BCUT2D eigenvalue weighted by Gasteiger charge is -2.08. The highest BCUT2D eigenvalue weighted by molar-refractivity contribution is 7.13. The molecule has 0 spiro atoms. The molecule has 140 valence electrons. The Morgan fingerprint density at radius 3 is 2.93 bits per heavy atom. The summed E-state index contributed by atoms with van der Waals surface area (Å²) in [4.78, 5) is 29.2. The van der Waals surface area contributed by atoms with E-state index < -0.39 is 12.1 Å². The summed E-state index contributed by atoms with van der Waals surface area (Å²) >= 11 is 1.43. The van der Waals surface area contributed by atoms with Crippen LogP contribution in [0.5, 0.6) is 0 Å². The van der Waals surface area contributed by atoms with Gasteiger partial charge in [0.2, 0.25) is 5.82 Å². The highest BCUT2D eigenvalue weighted by Crippen LogP contribution is 2.23. The van der Waals surface area contributed by atoms with Gasteiger partial charge in [0.05, 0.1) is 17.8 Å². The number of nitrogens with zero attached hydrogens (tertiary/aromatic N) is 5. The third-order valence-electron chi connectivity index (χ3n) is 3.78. The van der Waals surface area contributed by atoms with E-state index in [1.54, 1.807) is 31.6 Å². The first-order valence-corrected chi connectivity index (χ1v) is 9.36. The van der Waals surface area contributed by atoms with Gasteiger partial charge in [-0.1, -0.05) is 11.2 Å². The van der Waals surface area contributed by atoms with Crippen molar-refractivity contribution in [3.63, 3.8) is 0 Å². The van der Waals surface area contributed by atoms with E-state index in [1.807, 2.05) is 29.6 Å². The number of carbonyl (C=O) groups is 1. The predicted octanol–water partition coefficient (Wildman–Crippen LogP) is 3.50. The molecular formula is C19H15N5O3S. The second kappa shape index (κ2) is 8.05. The number of hydrogen-bond acceptors (Lipinski definition) is 9. The maximum atomic E-state index is 12.2. The summed E-state index contributed by atoms with van der Waals surface area (Å²) in [6, 6.07) is 9.21. The predicted molar refractivity (Wildman–Crippen MR) is 101 cm³/mol. The molecule has 1 unspecified atom stereocenters. The molecule has 0 N–H and O–H groups in total. The van der Waals surface area contributed by atoms with Crippen LogP contribution in [0.1, 0.15) is 24.6 Å². The van der Waals surface area contributed by atoms with Crippen molar-refractivity contribution in [2.45, 2.75) is 19.4 Å². The number of esters is 1. The van der Waals surface area contributed by atoms with Gasteiger partial charge in [-0.05, 0) is 31.2 Å². The molecule has 9 heteroatoms. The standard InChI is InChI=1S/C19H15N5O3S/c1-12(18-23-17(24-27-18)13-5-4-7-20-10-13)26-16(25)9-14-11-28-19(22-14)15-6-2-3-8-21-15/h2-8,10-12H,9H2,1H3. The molecule has 4 aromatic rings. The van der Waals surface area contributed by atoms with Crippen molar-refractivity contribution in [3.8, 4) is 22.1 Å². The molecule has 4 aromatic heterocycles. The Balaban J connectivity index is 1.38. The number of aromatic nitrogens is 5. The molecule has 0 bridgehead atoms. The second-order valence-corrected chi connectivity index (χ2v) is 6.72. The van der Waals surface area contributed by atoms with Crippen LogP contribution in [0.25, 0.3) is 22.1 Å². The van der Waals surface area contributed by atoms with Crippen LogP contribution >= 0.6 is 11.3 Å². The van der Waals surface area contributed by atoms with Crippen molar-refractivity contribution in [2.24, 2.45) is 0 Å². The van der Waals surface area contributed by atoms with Crippen LogP contribution in [-0.2, 0) is 16.0 Å². The van der Waals surface area contributed by atoms with Crippen LogP contribution in [0.2, 0.25) is 0 Å². The first kappa shape index (κ1) is 17.9. The maximum absolute atomic E-state index is 12.2. The van der Waals surface area contributed by atoms with Gasteiger partial charge in [0.1, 0.15) is 5.01 Å². The van der Waals surface area contributed by atoms with Crippen LogP contribution < -0.4 is 0 Å². The zero-order chi connectivity index (χ0) is 19.3. The van der Waals surface area contributed by atoms with Crippen molar-refractivity contribution in [1.82, 2.24) is 25.1 Å². The smallest absolute Gasteiger partial charge is 0.312 e. The Kier molecular flexibility index (Phi) is 5.16. The third-order valence-corrected chi connectivity index (χ3v) is 4.69. The average molecular weight is 393 g/mol. The fraction of sp³-hybridized carbons (Fsp3) is 0.158. The van der Waals surface area contributed by atoms with Crippen molar-refractivity contribution < 1.29 is 14.1 Å². The number of hydrogen-bond donors (Lipinski definition) is 0. The first-order valence-electron chi connectivity index (χ1n) is 8.48. The van der Waals surface area contributed by atoms with E-state index in [9.17, 15) is 4.79 Å². The topological polar surface area (TPSA) is 104 Å². The second-order valence-electron chi connectivity index (χ2n) is 5.87. The number of rotatable bonds is 6. The highest BCUT2D eigenvalue weighted by atomic mass is 32.1. The van der Waals surface area contributed by atoms with Crippen molar-refractivity contribution in [1.29, 1.82) is 0 Å². The molecule has 0 aromatic carbocycles.